The Bertz CT molecular complexity index is 922. The van der Waals surface area contributed by atoms with Gasteiger partial charge in [0.25, 0.3) is 0 Å². The number of rotatable bonds is 7. The molecule has 0 fully saturated rings. The second kappa shape index (κ2) is 8.48. The monoisotopic (exact) mass is 383 g/mol. The summed E-state index contributed by atoms with van der Waals surface area (Å²) < 4.78 is 5.54. The summed E-state index contributed by atoms with van der Waals surface area (Å²) in [6.45, 7) is 9.15. The third kappa shape index (κ3) is 4.72. The second-order valence-corrected chi connectivity index (χ2v) is 7.17. The third-order valence-corrected chi connectivity index (χ3v) is 4.60. The molecule has 0 bridgehead atoms. The smallest absolute Gasteiger partial charge is 0.191 e. The lowest BCUT2D eigenvalue weighted by Gasteiger charge is -2.21. The summed E-state index contributed by atoms with van der Waals surface area (Å²) in [5, 5.41) is 17.4. The van der Waals surface area contributed by atoms with Crippen LogP contribution in [0.25, 0.3) is 11.0 Å². The lowest BCUT2D eigenvalue weighted by Crippen LogP contribution is -2.39. The van der Waals surface area contributed by atoms with Crippen LogP contribution in [0.2, 0.25) is 0 Å². The standard InChI is InChI=1S/C21H29N5O2/c1-5-22-20(24-13-21(4,27)16-12-14(2)28-15(16)3)23-11-10-19-25-17-8-6-7-9-18(17)26-19/h6-9,12,27H,5,10-11,13H2,1-4H3,(H,25,26)(H2,22,23,24). The van der Waals surface area contributed by atoms with Crippen molar-refractivity contribution in [3.05, 3.63) is 53.2 Å². The number of H-pyrrole nitrogens is 1. The first kappa shape index (κ1) is 19.9. The summed E-state index contributed by atoms with van der Waals surface area (Å²) in [6.07, 6.45) is 0.746. The molecular formula is C21H29N5O2. The van der Waals surface area contributed by atoms with Crippen molar-refractivity contribution in [3.8, 4) is 0 Å². The van der Waals surface area contributed by atoms with E-state index in [0.717, 1.165) is 46.9 Å². The average Bonchev–Trinajstić information content (AvgIpc) is 3.22. The van der Waals surface area contributed by atoms with Crippen LogP contribution in [0.4, 0.5) is 0 Å². The maximum Gasteiger partial charge on any atom is 0.191 e. The summed E-state index contributed by atoms with van der Waals surface area (Å²) in [5.74, 6) is 3.10. The molecule has 0 radical (unpaired) electrons. The number of nitrogens with zero attached hydrogens (tertiary/aromatic N) is 2. The number of imidazole rings is 1. The highest BCUT2D eigenvalue weighted by Crippen LogP contribution is 2.27. The minimum Gasteiger partial charge on any atom is -0.466 e. The van der Waals surface area contributed by atoms with E-state index in [1.165, 1.54) is 0 Å². The summed E-state index contributed by atoms with van der Waals surface area (Å²) in [5.41, 5.74) is 1.69. The fraction of sp³-hybridized carbons (Fsp3) is 0.429. The molecule has 1 unspecified atom stereocenters. The van der Waals surface area contributed by atoms with Crippen LogP contribution >= 0.6 is 0 Å². The summed E-state index contributed by atoms with van der Waals surface area (Å²) in [4.78, 5) is 12.5. The average molecular weight is 383 g/mol. The Hall–Kier alpha value is -2.80. The number of aliphatic hydroxyl groups is 1. The fourth-order valence-electron chi connectivity index (χ4n) is 3.25. The van der Waals surface area contributed by atoms with E-state index in [1.54, 1.807) is 6.92 Å². The molecule has 0 aliphatic carbocycles. The highest BCUT2D eigenvalue weighted by molar-refractivity contribution is 5.79. The molecule has 1 aromatic carbocycles. The molecule has 150 valence electrons. The van der Waals surface area contributed by atoms with Crippen LogP contribution < -0.4 is 10.6 Å². The van der Waals surface area contributed by atoms with E-state index in [1.807, 2.05) is 51.1 Å². The Labute approximate surface area is 165 Å². The predicted molar refractivity (Wildman–Crippen MR) is 112 cm³/mol. The van der Waals surface area contributed by atoms with Crippen molar-refractivity contribution in [2.24, 2.45) is 4.99 Å². The number of aryl methyl sites for hydroxylation is 2. The van der Waals surface area contributed by atoms with E-state index in [9.17, 15) is 5.11 Å². The molecule has 2 heterocycles. The number of fused-ring (bicyclic) bond motifs is 1. The van der Waals surface area contributed by atoms with Gasteiger partial charge in [-0.2, -0.15) is 0 Å². The van der Waals surface area contributed by atoms with Gasteiger partial charge < -0.3 is 25.1 Å². The molecular weight excluding hydrogens is 354 g/mol. The molecule has 2 aromatic heterocycles. The molecule has 7 nitrogen and oxygen atoms in total. The quantitative estimate of drug-likeness (QED) is 0.371. The number of aliphatic imine (C=N–C) groups is 1. The van der Waals surface area contributed by atoms with Gasteiger partial charge in [0.05, 0.1) is 17.6 Å². The van der Waals surface area contributed by atoms with Crippen LogP contribution in [0.15, 0.2) is 39.7 Å². The van der Waals surface area contributed by atoms with Gasteiger partial charge >= 0.3 is 0 Å². The predicted octanol–water partition coefficient (Wildman–Crippen LogP) is 2.78. The number of hydrogen-bond donors (Lipinski definition) is 4. The molecule has 0 spiro atoms. The number of furan rings is 1. The first-order valence-electron chi connectivity index (χ1n) is 9.64. The van der Waals surface area contributed by atoms with Crippen molar-refractivity contribution >= 4 is 17.0 Å². The number of para-hydroxylation sites is 2. The topological polar surface area (TPSA) is 98.5 Å². The van der Waals surface area contributed by atoms with Gasteiger partial charge in [-0.1, -0.05) is 12.1 Å². The zero-order chi connectivity index (χ0) is 20.1. The summed E-state index contributed by atoms with van der Waals surface area (Å²) >= 11 is 0. The van der Waals surface area contributed by atoms with Crippen molar-refractivity contribution in [1.29, 1.82) is 0 Å². The normalized spacial score (nSPS) is 14.2. The van der Waals surface area contributed by atoms with E-state index in [0.29, 0.717) is 12.5 Å². The van der Waals surface area contributed by atoms with Crippen LogP contribution in [-0.4, -0.2) is 40.7 Å². The fourth-order valence-corrected chi connectivity index (χ4v) is 3.25. The number of benzene rings is 1. The van der Waals surface area contributed by atoms with Gasteiger partial charge in [-0.15, -0.1) is 0 Å². The number of hydrogen-bond acceptors (Lipinski definition) is 4. The van der Waals surface area contributed by atoms with Gasteiger partial charge in [0.2, 0.25) is 0 Å². The molecule has 0 aliphatic rings. The Morgan fingerprint density at radius 3 is 2.75 bits per heavy atom. The van der Waals surface area contributed by atoms with Gasteiger partial charge in [-0.05, 0) is 45.9 Å². The van der Waals surface area contributed by atoms with Crippen LogP contribution in [0, 0.1) is 13.8 Å². The van der Waals surface area contributed by atoms with Crippen molar-refractivity contribution in [2.45, 2.75) is 39.7 Å². The third-order valence-electron chi connectivity index (χ3n) is 4.60. The minimum atomic E-state index is -1.09. The molecule has 7 heteroatoms. The van der Waals surface area contributed by atoms with E-state index >= 15 is 0 Å². The van der Waals surface area contributed by atoms with Crippen LogP contribution in [0.5, 0.6) is 0 Å². The van der Waals surface area contributed by atoms with Gasteiger partial charge in [-0.25, -0.2) is 9.98 Å². The molecule has 1 atom stereocenters. The molecule has 3 aromatic rings. The lowest BCUT2D eigenvalue weighted by molar-refractivity contribution is 0.0657. The maximum absolute atomic E-state index is 10.8. The van der Waals surface area contributed by atoms with E-state index in [4.69, 9.17) is 4.42 Å². The second-order valence-electron chi connectivity index (χ2n) is 7.17. The van der Waals surface area contributed by atoms with Crippen molar-refractivity contribution in [2.75, 3.05) is 19.6 Å². The van der Waals surface area contributed by atoms with Gasteiger partial charge in [0.15, 0.2) is 5.96 Å². The number of nitrogens with one attached hydrogen (secondary N) is 3. The first-order valence-corrected chi connectivity index (χ1v) is 9.64. The molecule has 28 heavy (non-hydrogen) atoms. The molecule has 4 N–H and O–H groups in total. The number of aromatic nitrogens is 2. The van der Waals surface area contributed by atoms with Gasteiger partial charge in [-0.3, -0.25) is 0 Å². The van der Waals surface area contributed by atoms with Crippen molar-refractivity contribution in [3.63, 3.8) is 0 Å². The molecule has 0 saturated carbocycles. The SMILES string of the molecule is CCNC(=NCC(C)(O)c1cc(C)oc1C)NCCc1nc2ccccc2[nH]1. The van der Waals surface area contributed by atoms with Gasteiger partial charge in [0, 0.05) is 25.1 Å². The zero-order valence-electron chi connectivity index (χ0n) is 17.0. The highest BCUT2D eigenvalue weighted by Gasteiger charge is 2.27. The highest BCUT2D eigenvalue weighted by atomic mass is 16.3. The molecule has 0 amide bonds. The van der Waals surface area contributed by atoms with Crippen molar-refractivity contribution in [1.82, 2.24) is 20.6 Å². The lowest BCUT2D eigenvalue weighted by atomic mass is 9.96. The number of guanidine groups is 1. The Morgan fingerprint density at radius 1 is 1.29 bits per heavy atom. The van der Waals surface area contributed by atoms with Crippen LogP contribution in [-0.2, 0) is 12.0 Å². The van der Waals surface area contributed by atoms with Gasteiger partial charge in [0.1, 0.15) is 22.9 Å². The Kier molecular flexibility index (Phi) is 6.04. The molecule has 0 aliphatic heterocycles. The van der Waals surface area contributed by atoms with Crippen molar-refractivity contribution < 1.29 is 9.52 Å². The molecule has 0 saturated heterocycles. The first-order chi connectivity index (χ1) is 13.4. The number of aromatic amines is 1. The zero-order valence-corrected chi connectivity index (χ0v) is 17.0. The molecule has 3 rings (SSSR count). The Morgan fingerprint density at radius 2 is 2.07 bits per heavy atom. The maximum atomic E-state index is 10.8. The summed E-state index contributed by atoms with van der Waals surface area (Å²) in [7, 11) is 0. The minimum absolute atomic E-state index is 0.229. The van der Waals surface area contributed by atoms with E-state index < -0.39 is 5.60 Å². The van der Waals surface area contributed by atoms with Crippen LogP contribution in [0.3, 0.4) is 0 Å². The van der Waals surface area contributed by atoms with E-state index in [2.05, 4.69) is 25.6 Å². The van der Waals surface area contributed by atoms with E-state index in [-0.39, 0.29) is 6.54 Å². The Balaban J connectivity index is 1.61. The largest absolute Gasteiger partial charge is 0.466 e. The summed E-state index contributed by atoms with van der Waals surface area (Å²) in [6, 6.07) is 9.86. The van der Waals surface area contributed by atoms with Crippen LogP contribution in [0.1, 0.15) is 36.8 Å².